The number of halogens is 1. The van der Waals surface area contributed by atoms with Crippen molar-refractivity contribution in [2.24, 2.45) is 11.8 Å². The zero-order valence-electron chi connectivity index (χ0n) is 15.7. The molecule has 0 bridgehead atoms. The second-order valence-electron chi connectivity index (χ2n) is 6.91. The first kappa shape index (κ1) is 20.7. The number of hydrogen-bond donors (Lipinski definition) is 0. The Bertz CT molecular complexity index is 589. The van der Waals surface area contributed by atoms with Crippen molar-refractivity contribution in [3.05, 3.63) is 35.9 Å². The Labute approximate surface area is 160 Å². The van der Waals surface area contributed by atoms with Gasteiger partial charge in [0, 0.05) is 25.3 Å². The normalized spacial score (nSPS) is 18.2. The molecule has 0 radical (unpaired) electrons. The number of hydrogen-bond acceptors (Lipinski definition) is 4. The second kappa shape index (κ2) is 9.93. The number of methoxy groups -OCH3 is 2. The lowest BCUT2D eigenvalue weighted by Crippen LogP contribution is -2.46. The van der Waals surface area contributed by atoms with Gasteiger partial charge in [0.25, 0.3) is 0 Å². The highest BCUT2D eigenvalue weighted by atomic mass is 35.5. The summed E-state index contributed by atoms with van der Waals surface area (Å²) in [6, 6.07) is 8.57. The predicted octanol–water partition coefficient (Wildman–Crippen LogP) is 3.59. The van der Waals surface area contributed by atoms with Crippen molar-refractivity contribution in [1.82, 2.24) is 4.42 Å². The van der Waals surface area contributed by atoms with Gasteiger partial charge in [-0.15, -0.1) is 0 Å². The standard InChI is InChI=1S/C20H28ClNO4/c1-14(18(25-2)16-11-7-8-12-16)19(23)22(21)17(20(24)26-3)13-15-9-5-4-6-10-15/h4-6,9-10,14,16-18H,7-8,11-13H2,1-3H3/t14-,17+,18-/m1/s1. The minimum atomic E-state index is -0.875. The summed E-state index contributed by atoms with van der Waals surface area (Å²) in [5.41, 5.74) is 0.910. The molecule has 144 valence electrons. The van der Waals surface area contributed by atoms with E-state index in [9.17, 15) is 9.59 Å². The van der Waals surface area contributed by atoms with Crippen molar-refractivity contribution in [1.29, 1.82) is 0 Å². The Morgan fingerprint density at radius 1 is 1.19 bits per heavy atom. The number of carbonyl (C=O) groups is 2. The molecule has 1 fully saturated rings. The third kappa shape index (κ3) is 4.98. The number of benzene rings is 1. The summed E-state index contributed by atoms with van der Waals surface area (Å²) in [5.74, 6) is -0.908. The predicted molar refractivity (Wildman–Crippen MR) is 101 cm³/mol. The maximum absolute atomic E-state index is 13.0. The molecule has 6 heteroatoms. The van der Waals surface area contributed by atoms with Gasteiger partial charge in [0.2, 0.25) is 5.91 Å². The molecule has 1 amide bonds. The largest absolute Gasteiger partial charge is 0.467 e. The Morgan fingerprint density at radius 2 is 1.81 bits per heavy atom. The molecule has 3 atom stereocenters. The average Bonchev–Trinajstić information content (AvgIpc) is 3.20. The molecule has 1 aliphatic carbocycles. The van der Waals surface area contributed by atoms with Gasteiger partial charge in [-0.1, -0.05) is 50.1 Å². The van der Waals surface area contributed by atoms with Crippen molar-refractivity contribution >= 4 is 23.7 Å². The van der Waals surface area contributed by atoms with E-state index < -0.39 is 17.9 Å². The average molecular weight is 382 g/mol. The second-order valence-corrected chi connectivity index (χ2v) is 7.28. The van der Waals surface area contributed by atoms with E-state index in [1.54, 1.807) is 7.11 Å². The van der Waals surface area contributed by atoms with Crippen LogP contribution in [-0.4, -0.2) is 42.7 Å². The van der Waals surface area contributed by atoms with Gasteiger partial charge in [0.05, 0.1) is 19.1 Å². The zero-order valence-corrected chi connectivity index (χ0v) is 16.4. The fourth-order valence-corrected chi connectivity index (χ4v) is 4.11. The Hall–Kier alpha value is -1.59. The molecule has 0 heterocycles. The summed E-state index contributed by atoms with van der Waals surface area (Å²) >= 11 is 6.35. The molecule has 1 saturated carbocycles. The maximum Gasteiger partial charge on any atom is 0.330 e. The molecule has 26 heavy (non-hydrogen) atoms. The number of nitrogens with zero attached hydrogens (tertiary/aromatic N) is 1. The summed E-state index contributed by atoms with van der Waals surface area (Å²) in [6.07, 6.45) is 4.55. The summed E-state index contributed by atoms with van der Waals surface area (Å²) in [7, 11) is 2.93. The first-order chi connectivity index (χ1) is 12.5. The van der Waals surface area contributed by atoms with E-state index >= 15 is 0 Å². The molecule has 0 aliphatic heterocycles. The lowest BCUT2D eigenvalue weighted by atomic mass is 9.89. The van der Waals surface area contributed by atoms with Crippen LogP contribution in [0, 0.1) is 11.8 Å². The molecule has 0 saturated heterocycles. The van der Waals surface area contributed by atoms with Crippen molar-refractivity contribution in [2.75, 3.05) is 14.2 Å². The van der Waals surface area contributed by atoms with E-state index in [4.69, 9.17) is 21.3 Å². The fraction of sp³-hybridized carbons (Fsp3) is 0.600. The van der Waals surface area contributed by atoms with Crippen LogP contribution in [0.3, 0.4) is 0 Å². The van der Waals surface area contributed by atoms with Gasteiger partial charge in [-0.25, -0.2) is 9.21 Å². The summed E-state index contributed by atoms with van der Waals surface area (Å²) < 4.78 is 11.5. The monoisotopic (exact) mass is 381 g/mol. The fourth-order valence-electron chi connectivity index (χ4n) is 3.81. The lowest BCUT2D eigenvalue weighted by Gasteiger charge is -2.31. The first-order valence-corrected chi connectivity index (χ1v) is 9.46. The third-order valence-corrected chi connectivity index (χ3v) is 5.65. The van der Waals surface area contributed by atoms with Crippen molar-refractivity contribution < 1.29 is 19.1 Å². The Kier molecular flexibility index (Phi) is 7.91. The molecule has 0 unspecified atom stereocenters. The topological polar surface area (TPSA) is 55.8 Å². The molecule has 1 aromatic rings. The van der Waals surface area contributed by atoms with Crippen molar-refractivity contribution in [3.63, 3.8) is 0 Å². The van der Waals surface area contributed by atoms with Crippen molar-refractivity contribution in [2.45, 2.75) is 51.2 Å². The summed E-state index contributed by atoms with van der Waals surface area (Å²) in [4.78, 5) is 25.2. The van der Waals surface area contributed by atoms with Crippen LogP contribution >= 0.6 is 11.8 Å². The van der Waals surface area contributed by atoms with E-state index in [0.717, 1.165) is 35.7 Å². The number of amides is 1. The van der Waals surface area contributed by atoms with E-state index in [-0.39, 0.29) is 12.0 Å². The zero-order chi connectivity index (χ0) is 19.1. The van der Waals surface area contributed by atoms with Crippen LogP contribution < -0.4 is 0 Å². The van der Waals surface area contributed by atoms with Gasteiger partial charge in [-0.05, 0) is 24.3 Å². The first-order valence-electron chi connectivity index (χ1n) is 9.13. The van der Waals surface area contributed by atoms with Gasteiger partial charge >= 0.3 is 5.97 Å². The van der Waals surface area contributed by atoms with Crippen LogP contribution in [0.25, 0.3) is 0 Å². The summed E-state index contributed by atoms with van der Waals surface area (Å²) in [5, 5.41) is 0. The van der Waals surface area contributed by atoms with Gasteiger partial charge < -0.3 is 9.47 Å². The molecule has 0 spiro atoms. The number of esters is 1. The van der Waals surface area contributed by atoms with Crippen LogP contribution in [0.1, 0.15) is 38.2 Å². The lowest BCUT2D eigenvalue weighted by molar-refractivity contribution is -0.151. The van der Waals surface area contributed by atoms with Gasteiger partial charge in [-0.3, -0.25) is 4.79 Å². The minimum Gasteiger partial charge on any atom is -0.467 e. The van der Waals surface area contributed by atoms with E-state index in [0.29, 0.717) is 12.3 Å². The van der Waals surface area contributed by atoms with E-state index in [2.05, 4.69) is 0 Å². The molecule has 0 aromatic heterocycles. The van der Waals surface area contributed by atoms with Gasteiger partial charge in [-0.2, -0.15) is 0 Å². The van der Waals surface area contributed by atoms with Crippen molar-refractivity contribution in [3.8, 4) is 0 Å². The van der Waals surface area contributed by atoms with Crippen LogP contribution in [0.4, 0.5) is 0 Å². The van der Waals surface area contributed by atoms with E-state index in [1.807, 2.05) is 37.3 Å². The third-order valence-electron chi connectivity index (χ3n) is 5.25. The minimum absolute atomic E-state index is 0.193. The van der Waals surface area contributed by atoms with Crippen LogP contribution in [0.2, 0.25) is 0 Å². The number of ether oxygens (including phenoxy) is 2. The maximum atomic E-state index is 13.0. The van der Waals surface area contributed by atoms with Gasteiger partial charge in [0.15, 0.2) is 0 Å². The molecule has 1 aliphatic rings. The number of carbonyl (C=O) groups excluding carboxylic acids is 2. The summed E-state index contributed by atoms with van der Waals surface area (Å²) in [6.45, 7) is 1.82. The van der Waals surface area contributed by atoms with Crippen LogP contribution in [0.15, 0.2) is 30.3 Å². The highest BCUT2D eigenvalue weighted by Gasteiger charge is 2.38. The van der Waals surface area contributed by atoms with E-state index in [1.165, 1.54) is 7.11 Å². The van der Waals surface area contributed by atoms with Gasteiger partial charge in [0.1, 0.15) is 6.04 Å². The smallest absolute Gasteiger partial charge is 0.330 e. The highest BCUT2D eigenvalue weighted by molar-refractivity contribution is 6.23. The Morgan fingerprint density at radius 3 is 2.35 bits per heavy atom. The number of rotatable bonds is 8. The quantitative estimate of drug-likeness (QED) is 0.510. The van der Waals surface area contributed by atoms with Crippen LogP contribution in [-0.2, 0) is 25.5 Å². The van der Waals surface area contributed by atoms with Crippen LogP contribution in [0.5, 0.6) is 0 Å². The Balaban J connectivity index is 2.13. The molecule has 5 nitrogen and oxygen atoms in total. The SMILES string of the molecule is COC(=O)[C@H](Cc1ccccc1)N(Cl)C(=O)[C@H](C)[C@@H](OC)C1CCCC1. The highest BCUT2D eigenvalue weighted by Crippen LogP contribution is 2.33. The molecule has 1 aromatic carbocycles. The molecule has 2 rings (SSSR count). The molecular weight excluding hydrogens is 354 g/mol. The molecular formula is C20H28ClNO4. The molecule has 0 N–H and O–H groups in total.